The Labute approximate surface area is 182 Å². The third-order valence-electron chi connectivity index (χ3n) is 6.03. The van der Waals surface area contributed by atoms with E-state index in [1.807, 2.05) is 6.07 Å². The van der Waals surface area contributed by atoms with Crippen LogP contribution >= 0.6 is 0 Å². The summed E-state index contributed by atoms with van der Waals surface area (Å²) in [6.07, 6.45) is 1.15. The Balaban J connectivity index is 1.54. The number of furan rings is 1. The summed E-state index contributed by atoms with van der Waals surface area (Å²) >= 11 is 0. The molecule has 3 aromatic rings. The van der Waals surface area contributed by atoms with Crippen LogP contribution in [0.1, 0.15) is 33.7 Å². The molecule has 1 fully saturated rings. The first-order chi connectivity index (χ1) is 15.4. The number of imide groups is 1. The number of hydrogen-bond donors (Lipinski definition) is 2. The number of benzene rings is 2. The summed E-state index contributed by atoms with van der Waals surface area (Å²) in [5, 5.41) is 14.8. The molecule has 9 heteroatoms. The van der Waals surface area contributed by atoms with Crippen molar-refractivity contribution in [2.75, 3.05) is 13.7 Å². The lowest BCUT2D eigenvalue weighted by atomic mass is 9.82. The van der Waals surface area contributed by atoms with Crippen molar-refractivity contribution >= 4 is 34.9 Å². The van der Waals surface area contributed by atoms with Gasteiger partial charge in [-0.2, -0.15) is 0 Å². The fourth-order valence-corrected chi connectivity index (χ4v) is 4.41. The molecule has 0 aliphatic carbocycles. The van der Waals surface area contributed by atoms with Crippen LogP contribution in [0.25, 0.3) is 11.0 Å². The molecule has 2 aliphatic heterocycles. The molecule has 5 rings (SSSR count). The summed E-state index contributed by atoms with van der Waals surface area (Å²) in [6, 6.07) is 12.1. The average Bonchev–Trinajstić information content (AvgIpc) is 3.42. The monoisotopic (exact) mass is 433 g/mol. The van der Waals surface area contributed by atoms with Crippen LogP contribution in [-0.4, -0.2) is 47.7 Å². The van der Waals surface area contributed by atoms with Crippen LogP contribution in [-0.2, 0) is 21.5 Å². The number of nitrogens with one attached hydrogen (secondary N) is 1. The highest BCUT2D eigenvalue weighted by Crippen LogP contribution is 2.39. The van der Waals surface area contributed by atoms with E-state index in [9.17, 15) is 14.4 Å². The third-order valence-corrected chi connectivity index (χ3v) is 6.03. The van der Waals surface area contributed by atoms with Gasteiger partial charge < -0.3 is 19.3 Å². The minimum atomic E-state index is -1.34. The molecular formula is C23H19N3O6. The van der Waals surface area contributed by atoms with Crippen LogP contribution < -0.4 is 10.1 Å². The van der Waals surface area contributed by atoms with Gasteiger partial charge in [-0.1, -0.05) is 11.2 Å². The Kier molecular flexibility index (Phi) is 4.47. The van der Waals surface area contributed by atoms with Crippen LogP contribution in [0.15, 0.2) is 52.0 Å². The lowest BCUT2D eigenvalue weighted by Gasteiger charge is -2.28. The molecular weight excluding hydrogens is 414 g/mol. The van der Waals surface area contributed by atoms with Gasteiger partial charge in [0, 0.05) is 24.0 Å². The summed E-state index contributed by atoms with van der Waals surface area (Å²) in [7, 11) is 1.53. The average molecular weight is 433 g/mol. The number of rotatable bonds is 5. The molecule has 0 radical (unpaired) electrons. The topological polar surface area (TPSA) is 121 Å². The molecule has 9 nitrogen and oxygen atoms in total. The number of hydrogen-bond acceptors (Lipinski definition) is 7. The highest BCUT2D eigenvalue weighted by atomic mass is 16.5. The van der Waals surface area contributed by atoms with Gasteiger partial charge in [0.1, 0.15) is 22.5 Å². The molecule has 0 unspecified atom stereocenters. The molecule has 1 aromatic heterocycles. The summed E-state index contributed by atoms with van der Waals surface area (Å²) < 4.78 is 11.2. The molecule has 0 saturated carbocycles. The molecule has 162 valence electrons. The summed E-state index contributed by atoms with van der Waals surface area (Å²) in [5.74, 6) is -0.283. The van der Waals surface area contributed by atoms with Gasteiger partial charge in [-0.25, -0.2) is 0 Å². The normalized spacial score (nSPS) is 20.4. The van der Waals surface area contributed by atoms with Gasteiger partial charge in [0.25, 0.3) is 5.91 Å². The molecule has 2 aromatic carbocycles. The second kappa shape index (κ2) is 7.23. The maximum Gasteiger partial charge on any atom is 0.254 e. The number of oxime groups is 1. The lowest BCUT2D eigenvalue weighted by molar-refractivity contribution is -0.127. The highest BCUT2D eigenvalue weighted by Gasteiger charge is 2.53. The van der Waals surface area contributed by atoms with Crippen molar-refractivity contribution in [1.29, 1.82) is 0 Å². The number of ether oxygens (including phenoxy) is 1. The van der Waals surface area contributed by atoms with E-state index in [0.29, 0.717) is 40.2 Å². The van der Waals surface area contributed by atoms with E-state index in [1.165, 1.54) is 13.3 Å². The molecule has 3 amide bonds. The van der Waals surface area contributed by atoms with E-state index >= 15 is 0 Å². The lowest BCUT2D eigenvalue weighted by Crippen LogP contribution is -2.46. The fraction of sp³-hybridized carbons (Fsp3) is 0.217. The van der Waals surface area contributed by atoms with E-state index in [0.717, 1.165) is 5.56 Å². The van der Waals surface area contributed by atoms with Gasteiger partial charge in [0.2, 0.25) is 11.8 Å². The zero-order chi connectivity index (χ0) is 22.5. The Bertz CT molecular complexity index is 1310. The summed E-state index contributed by atoms with van der Waals surface area (Å²) in [4.78, 5) is 39.9. The second-order valence-corrected chi connectivity index (χ2v) is 7.97. The van der Waals surface area contributed by atoms with Gasteiger partial charge in [0.05, 0.1) is 19.7 Å². The third kappa shape index (κ3) is 3.01. The van der Waals surface area contributed by atoms with Gasteiger partial charge >= 0.3 is 0 Å². The smallest absolute Gasteiger partial charge is 0.254 e. The molecule has 2 aliphatic rings. The number of carbonyl (C=O) groups is 3. The van der Waals surface area contributed by atoms with Crippen molar-refractivity contribution in [2.45, 2.75) is 18.4 Å². The Morgan fingerprint density at radius 3 is 2.78 bits per heavy atom. The molecule has 32 heavy (non-hydrogen) atoms. The van der Waals surface area contributed by atoms with Crippen molar-refractivity contribution in [2.24, 2.45) is 5.16 Å². The number of nitrogens with zero attached hydrogens (tertiary/aromatic N) is 2. The quantitative estimate of drug-likeness (QED) is 0.275. The first kappa shape index (κ1) is 19.8. The van der Waals surface area contributed by atoms with Gasteiger partial charge in [-0.15, -0.1) is 0 Å². The van der Waals surface area contributed by atoms with Crippen LogP contribution in [0.4, 0.5) is 0 Å². The number of methoxy groups -OCH3 is 1. The van der Waals surface area contributed by atoms with E-state index in [1.54, 1.807) is 41.3 Å². The predicted molar refractivity (Wildman–Crippen MR) is 113 cm³/mol. The maximum absolute atomic E-state index is 13.1. The minimum Gasteiger partial charge on any atom is -0.497 e. The van der Waals surface area contributed by atoms with Crippen LogP contribution in [0, 0.1) is 0 Å². The Morgan fingerprint density at radius 2 is 2.06 bits per heavy atom. The molecule has 0 bridgehead atoms. The van der Waals surface area contributed by atoms with Crippen molar-refractivity contribution < 1.29 is 28.7 Å². The van der Waals surface area contributed by atoms with Crippen molar-refractivity contribution in [3.63, 3.8) is 0 Å². The number of carbonyl (C=O) groups excluding carboxylic acids is 3. The summed E-state index contributed by atoms with van der Waals surface area (Å²) in [5.41, 5.74) is 1.16. The largest absolute Gasteiger partial charge is 0.497 e. The molecule has 3 heterocycles. The Hall–Kier alpha value is -4.14. The minimum absolute atomic E-state index is 0.00875. The Morgan fingerprint density at radius 1 is 1.22 bits per heavy atom. The van der Waals surface area contributed by atoms with Gasteiger partial charge in [-0.3, -0.25) is 19.7 Å². The fourth-order valence-electron chi connectivity index (χ4n) is 4.41. The van der Waals surface area contributed by atoms with Crippen LogP contribution in [0.2, 0.25) is 0 Å². The van der Waals surface area contributed by atoms with Gasteiger partial charge in [-0.05, 0) is 47.5 Å². The zero-order valence-electron chi connectivity index (χ0n) is 17.1. The maximum atomic E-state index is 13.1. The van der Waals surface area contributed by atoms with Crippen molar-refractivity contribution in [3.05, 3.63) is 64.9 Å². The molecule has 2 N–H and O–H groups in total. The van der Waals surface area contributed by atoms with E-state index in [2.05, 4.69) is 10.5 Å². The van der Waals surface area contributed by atoms with E-state index < -0.39 is 17.2 Å². The van der Waals surface area contributed by atoms with Crippen LogP contribution in [0.3, 0.4) is 0 Å². The molecule has 1 saturated heterocycles. The van der Waals surface area contributed by atoms with E-state index in [4.69, 9.17) is 14.4 Å². The molecule has 1 atom stereocenters. The first-order valence-electron chi connectivity index (χ1n) is 9.95. The predicted octanol–water partition coefficient (Wildman–Crippen LogP) is 2.19. The zero-order valence-corrected chi connectivity index (χ0v) is 17.1. The standard InChI is InChI=1S/C23H19N3O6/c1-31-16-4-3-14-11-26(21(28)17(14)8-16)12-23(9-20(27)25-22(23)29)19-7-15-6-13(10-24-30)2-5-18(15)32-19/h2-8,10,30H,9,11-12H2,1H3,(H,25,27,29)/b24-10+/t23-/m1/s1. The number of fused-ring (bicyclic) bond motifs is 2. The number of amides is 3. The summed E-state index contributed by atoms with van der Waals surface area (Å²) in [6.45, 7) is 0.309. The first-order valence-corrected chi connectivity index (χ1v) is 9.95. The van der Waals surface area contributed by atoms with E-state index in [-0.39, 0.29) is 18.9 Å². The van der Waals surface area contributed by atoms with Crippen molar-refractivity contribution in [1.82, 2.24) is 10.2 Å². The molecule has 0 spiro atoms. The second-order valence-electron chi connectivity index (χ2n) is 7.97. The van der Waals surface area contributed by atoms with Crippen LogP contribution in [0.5, 0.6) is 5.75 Å². The SMILES string of the molecule is COc1ccc2c(c1)C(=O)N(C[C@@]1(c3cc4cc(/C=N/O)ccc4o3)CC(=O)NC1=O)C2. The highest BCUT2D eigenvalue weighted by molar-refractivity contribution is 6.10. The van der Waals surface area contributed by atoms with Crippen molar-refractivity contribution in [3.8, 4) is 5.75 Å². The van der Waals surface area contributed by atoms with Gasteiger partial charge in [0.15, 0.2) is 0 Å².